The minimum Gasteiger partial charge on any atom is -0.506 e. The summed E-state index contributed by atoms with van der Waals surface area (Å²) in [6.07, 6.45) is 6.07. The molecule has 2 heterocycles. The maximum absolute atomic E-state index is 10.5. The van der Waals surface area contributed by atoms with Gasteiger partial charge in [-0.15, -0.1) is 0 Å². The Labute approximate surface area is 186 Å². The number of aldehydes is 1. The van der Waals surface area contributed by atoms with Gasteiger partial charge in [0.2, 0.25) is 0 Å². The van der Waals surface area contributed by atoms with Gasteiger partial charge < -0.3 is 30.8 Å². The van der Waals surface area contributed by atoms with Gasteiger partial charge in [0.15, 0.2) is 6.29 Å². The van der Waals surface area contributed by atoms with Crippen molar-refractivity contribution < 1.29 is 35.1 Å². The minimum atomic E-state index is -0.761. The van der Waals surface area contributed by atoms with Gasteiger partial charge in [0, 0.05) is 42.0 Å². The van der Waals surface area contributed by atoms with Gasteiger partial charge in [0.1, 0.15) is 11.5 Å². The molecule has 176 valence electrons. The summed E-state index contributed by atoms with van der Waals surface area (Å²) in [6.45, 7) is 4.05. The Kier molecular flexibility index (Phi) is 11.9. The number of carboxylic acid groups (broad SMARTS) is 1. The number of hydrogen-bond donors (Lipinski definition) is 6. The van der Waals surface area contributed by atoms with Crippen LogP contribution in [0.15, 0.2) is 12.4 Å². The van der Waals surface area contributed by atoms with Gasteiger partial charge >= 0.3 is 5.97 Å². The molecule has 0 aromatic carbocycles. The van der Waals surface area contributed by atoms with Crippen LogP contribution >= 0.6 is 0 Å². The summed E-state index contributed by atoms with van der Waals surface area (Å²) in [4.78, 5) is 28.6. The number of hydrogen-bond acceptors (Lipinski definition) is 9. The second-order valence-corrected chi connectivity index (χ2v) is 7.14. The molecule has 0 fully saturated rings. The summed E-state index contributed by atoms with van der Waals surface area (Å²) in [6, 6.07) is 0. The molecule has 0 saturated carbocycles. The predicted octanol–water partition coefficient (Wildman–Crippen LogP) is 1.72. The van der Waals surface area contributed by atoms with Crippen LogP contribution in [0, 0.1) is 13.8 Å². The number of aliphatic hydroxyl groups is 2. The number of carbonyl (C=O) groups excluding carboxylic acids is 1. The van der Waals surface area contributed by atoms with Crippen LogP contribution in [0.3, 0.4) is 0 Å². The molecule has 0 unspecified atom stereocenters. The first-order chi connectivity index (χ1) is 15.3. The molecule has 0 aliphatic heterocycles. The Morgan fingerprint density at radius 1 is 0.969 bits per heavy atom. The van der Waals surface area contributed by atoms with Crippen molar-refractivity contribution >= 4 is 12.3 Å². The van der Waals surface area contributed by atoms with Crippen LogP contribution in [0.25, 0.3) is 0 Å². The van der Waals surface area contributed by atoms with Crippen LogP contribution in [0.2, 0.25) is 0 Å². The highest BCUT2D eigenvalue weighted by molar-refractivity contribution is 5.81. The van der Waals surface area contributed by atoms with E-state index in [0.717, 1.165) is 19.4 Å². The zero-order valence-electron chi connectivity index (χ0n) is 18.3. The number of aryl methyl sites for hydroxylation is 2. The number of unbranched alkanes of at least 4 members (excludes halogenated alkanes) is 2. The Balaban J connectivity index is 0.000000363. The van der Waals surface area contributed by atoms with Crippen LogP contribution in [0.5, 0.6) is 11.5 Å². The number of carboxylic acids is 1. The molecule has 2 rings (SSSR count). The fourth-order valence-electron chi connectivity index (χ4n) is 2.84. The van der Waals surface area contributed by atoms with Gasteiger partial charge in [-0.05, 0) is 33.2 Å². The summed E-state index contributed by atoms with van der Waals surface area (Å²) in [5.74, 6) is -0.797. The van der Waals surface area contributed by atoms with Crippen molar-refractivity contribution in [3.8, 4) is 11.5 Å². The second-order valence-electron chi connectivity index (χ2n) is 7.14. The van der Waals surface area contributed by atoms with Gasteiger partial charge in [0.25, 0.3) is 0 Å². The van der Waals surface area contributed by atoms with Gasteiger partial charge in [-0.3, -0.25) is 19.6 Å². The Hall–Kier alpha value is -3.08. The molecule has 32 heavy (non-hydrogen) atoms. The first-order valence-corrected chi connectivity index (χ1v) is 10.2. The smallest absolute Gasteiger partial charge is 0.303 e. The summed E-state index contributed by atoms with van der Waals surface area (Å²) in [7, 11) is 0. The molecule has 0 aliphatic carbocycles. The van der Waals surface area contributed by atoms with Crippen LogP contribution in [-0.2, 0) is 24.6 Å². The maximum Gasteiger partial charge on any atom is 0.303 e. The van der Waals surface area contributed by atoms with E-state index in [4.69, 9.17) is 10.2 Å². The van der Waals surface area contributed by atoms with E-state index >= 15 is 0 Å². The third kappa shape index (κ3) is 8.22. The number of aliphatic carboxylic acids is 1. The van der Waals surface area contributed by atoms with Crippen molar-refractivity contribution in [3.63, 3.8) is 0 Å². The van der Waals surface area contributed by atoms with Crippen LogP contribution in [-0.4, -0.2) is 54.3 Å². The fraction of sp³-hybridized carbons (Fsp3) is 0.455. The summed E-state index contributed by atoms with van der Waals surface area (Å²) >= 11 is 0. The number of nitrogens with one attached hydrogen (secondary N) is 1. The highest BCUT2D eigenvalue weighted by Crippen LogP contribution is 2.23. The molecule has 2 aromatic heterocycles. The fourth-order valence-corrected chi connectivity index (χ4v) is 2.84. The van der Waals surface area contributed by atoms with E-state index in [1.807, 2.05) is 0 Å². The third-order valence-electron chi connectivity index (χ3n) is 4.79. The minimum absolute atomic E-state index is 0.116. The quantitative estimate of drug-likeness (QED) is 0.219. The molecule has 0 aliphatic rings. The molecule has 0 radical (unpaired) electrons. The summed E-state index contributed by atoms with van der Waals surface area (Å²) in [5.41, 5.74) is 2.67. The van der Waals surface area contributed by atoms with E-state index < -0.39 is 5.97 Å². The van der Waals surface area contributed by atoms with Gasteiger partial charge in [0.05, 0.1) is 30.2 Å². The highest BCUT2D eigenvalue weighted by Gasteiger charge is 2.11. The summed E-state index contributed by atoms with van der Waals surface area (Å²) in [5, 5.41) is 48.9. The van der Waals surface area contributed by atoms with Gasteiger partial charge in [-0.25, -0.2) is 0 Å². The number of nitrogens with zero attached hydrogens (tertiary/aromatic N) is 2. The maximum atomic E-state index is 10.5. The van der Waals surface area contributed by atoms with E-state index in [1.165, 1.54) is 6.20 Å². The average molecular weight is 450 g/mol. The molecule has 6 N–H and O–H groups in total. The van der Waals surface area contributed by atoms with E-state index in [1.54, 1.807) is 20.0 Å². The SMILES string of the molecule is Cc1ncc(CO)c(C=O)c1O.Cc1ncc(CO)c(CNCCCCCC(=O)O)c1O. The van der Waals surface area contributed by atoms with Crippen molar-refractivity contribution in [2.45, 2.75) is 59.3 Å². The standard InChI is InChI=1S/C14H22N2O4.C8H9NO3/c1-10-14(20)12(11(9-17)7-16-10)8-15-6-4-2-3-5-13(18)19;1-5-8(12)7(4-11)6(3-10)2-9-5/h7,15,17,20H,2-6,8-9H2,1H3,(H,18,19);2,4,10,12H,3H2,1H3. The van der Waals surface area contributed by atoms with Crippen LogP contribution in [0.1, 0.15) is 64.1 Å². The van der Waals surface area contributed by atoms with Crippen LogP contribution < -0.4 is 5.32 Å². The Morgan fingerprint density at radius 3 is 2.12 bits per heavy atom. The van der Waals surface area contributed by atoms with E-state index in [9.17, 15) is 24.9 Å². The first-order valence-electron chi connectivity index (χ1n) is 10.2. The second kappa shape index (κ2) is 14.1. The van der Waals surface area contributed by atoms with Crippen molar-refractivity contribution in [1.29, 1.82) is 0 Å². The molecule has 0 amide bonds. The number of rotatable bonds is 11. The molecule has 2 aromatic rings. The van der Waals surface area contributed by atoms with E-state index in [2.05, 4.69) is 15.3 Å². The largest absolute Gasteiger partial charge is 0.506 e. The monoisotopic (exact) mass is 449 g/mol. The van der Waals surface area contributed by atoms with E-state index in [0.29, 0.717) is 47.3 Å². The Bertz CT molecular complexity index is 904. The number of aliphatic hydroxyl groups excluding tert-OH is 2. The predicted molar refractivity (Wildman–Crippen MR) is 116 cm³/mol. The lowest BCUT2D eigenvalue weighted by Crippen LogP contribution is -2.16. The molecule has 0 atom stereocenters. The Morgan fingerprint density at radius 2 is 1.56 bits per heavy atom. The lowest BCUT2D eigenvalue weighted by molar-refractivity contribution is -0.137. The number of carbonyl (C=O) groups is 2. The zero-order valence-corrected chi connectivity index (χ0v) is 18.3. The van der Waals surface area contributed by atoms with Crippen molar-refractivity contribution in [1.82, 2.24) is 15.3 Å². The van der Waals surface area contributed by atoms with Gasteiger partial charge in [-0.1, -0.05) is 6.42 Å². The number of aromatic nitrogens is 2. The lowest BCUT2D eigenvalue weighted by atomic mass is 10.1. The van der Waals surface area contributed by atoms with Crippen molar-refractivity contribution in [2.75, 3.05) is 6.54 Å². The number of aromatic hydroxyl groups is 2. The molecule has 10 nitrogen and oxygen atoms in total. The van der Waals surface area contributed by atoms with Crippen LogP contribution in [0.4, 0.5) is 0 Å². The molecular formula is C22H31N3O7. The first kappa shape index (κ1) is 27.0. The molecular weight excluding hydrogens is 418 g/mol. The van der Waals surface area contributed by atoms with E-state index in [-0.39, 0.29) is 36.7 Å². The topological polar surface area (TPSA) is 173 Å². The number of pyridine rings is 2. The summed E-state index contributed by atoms with van der Waals surface area (Å²) < 4.78 is 0. The molecule has 10 heteroatoms. The molecule has 0 bridgehead atoms. The average Bonchev–Trinajstić information content (AvgIpc) is 2.77. The lowest BCUT2D eigenvalue weighted by Gasteiger charge is -2.12. The van der Waals surface area contributed by atoms with Gasteiger partial charge in [-0.2, -0.15) is 0 Å². The highest BCUT2D eigenvalue weighted by atomic mass is 16.4. The van der Waals surface area contributed by atoms with Crippen molar-refractivity contribution in [3.05, 3.63) is 46.0 Å². The molecule has 0 spiro atoms. The zero-order chi connectivity index (χ0) is 24.1. The third-order valence-corrected chi connectivity index (χ3v) is 4.79. The van der Waals surface area contributed by atoms with Crippen molar-refractivity contribution in [2.24, 2.45) is 0 Å². The molecule has 0 saturated heterocycles. The normalized spacial score (nSPS) is 10.4.